The van der Waals surface area contributed by atoms with Gasteiger partial charge in [0.2, 0.25) is 0 Å². The van der Waals surface area contributed by atoms with Crippen LogP contribution in [0, 0.1) is 0 Å². The Morgan fingerprint density at radius 1 is 1.11 bits per heavy atom. The van der Waals surface area contributed by atoms with Gasteiger partial charge in [0.05, 0.1) is 19.3 Å². The van der Waals surface area contributed by atoms with Crippen LogP contribution in [0.25, 0.3) is 11.6 Å². The first-order valence-electron chi connectivity index (χ1n) is 8.60. The average molecular weight is 438 g/mol. The van der Waals surface area contributed by atoms with Crippen molar-refractivity contribution >= 4 is 45.5 Å². The Morgan fingerprint density at radius 2 is 1.89 bits per heavy atom. The van der Waals surface area contributed by atoms with Crippen molar-refractivity contribution in [3.8, 4) is 5.75 Å². The molecule has 4 rings (SSSR count). The van der Waals surface area contributed by atoms with E-state index in [-0.39, 0.29) is 18.2 Å². The molecule has 2 heterocycles. The summed E-state index contributed by atoms with van der Waals surface area (Å²) in [7, 11) is 1.62. The third-order valence-electron chi connectivity index (χ3n) is 4.55. The summed E-state index contributed by atoms with van der Waals surface area (Å²) in [5.41, 5.74) is 3.15. The standard InChI is InChI=1S/C22H16BrNO4/c1-27-16-5-2-14(3-6-16)10-20-19-11-15(23)4-9-21(19)24(22(20)26)12-17-7-8-18(13-25)28-17/h2-11,13H,12H2,1H3/b20-10+. The normalized spacial score (nSPS) is 14.4. The molecule has 0 aliphatic carbocycles. The largest absolute Gasteiger partial charge is 0.497 e. The van der Waals surface area contributed by atoms with Gasteiger partial charge in [-0.15, -0.1) is 0 Å². The highest BCUT2D eigenvalue weighted by atomic mass is 79.9. The fourth-order valence-electron chi connectivity index (χ4n) is 3.19. The first-order valence-corrected chi connectivity index (χ1v) is 9.40. The second-order valence-electron chi connectivity index (χ2n) is 6.31. The molecule has 0 atom stereocenters. The molecule has 0 radical (unpaired) electrons. The molecule has 0 fully saturated rings. The van der Waals surface area contributed by atoms with Gasteiger partial charge in [0.25, 0.3) is 5.91 Å². The van der Waals surface area contributed by atoms with E-state index in [9.17, 15) is 9.59 Å². The van der Waals surface area contributed by atoms with Gasteiger partial charge in [0.15, 0.2) is 12.0 Å². The number of aldehydes is 1. The van der Waals surface area contributed by atoms with Gasteiger partial charge < -0.3 is 14.1 Å². The molecule has 28 heavy (non-hydrogen) atoms. The zero-order chi connectivity index (χ0) is 19.7. The molecular weight excluding hydrogens is 422 g/mol. The van der Waals surface area contributed by atoms with E-state index < -0.39 is 0 Å². The van der Waals surface area contributed by atoms with E-state index in [4.69, 9.17) is 9.15 Å². The Kier molecular flexibility index (Phi) is 4.88. The molecule has 0 saturated carbocycles. The molecule has 2 aromatic carbocycles. The van der Waals surface area contributed by atoms with Crippen molar-refractivity contribution in [1.29, 1.82) is 0 Å². The van der Waals surface area contributed by atoms with Crippen LogP contribution in [0.4, 0.5) is 5.69 Å². The van der Waals surface area contributed by atoms with Crippen LogP contribution >= 0.6 is 15.9 Å². The van der Waals surface area contributed by atoms with E-state index >= 15 is 0 Å². The summed E-state index contributed by atoms with van der Waals surface area (Å²) >= 11 is 3.49. The first-order chi connectivity index (χ1) is 13.6. The molecule has 0 unspecified atom stereocenters. The molecule has 0 bridgehead atoms. The van der Waals surface area contributed by atoms with Gasteiger partial charge in [0, 0.05) is 15.6 Å². The quantitative estimate of drug-likeness (QED) is 0.418. The van der Waals surface area contributed by atoms with Crippen LogP contribution in [-0.4, -0.2) is 19.3 Å². The number of rotatable bonds is 5. The maximum Gasteiger partial charge on any atom is 0.259 e. The van der Waals surface area contributed by atoms with Crippen LogP contribution in [0.5, 0.6) is 5.75 Å². The first kappa shape index (κ1) is 18.3. The topological polar surface area (TPSA) is 59.8 Å². The number of fused-ring (bicyclic) bond motifs is 1. The summed E-state index contributed by atoms with van der Waals surface area (Å²) in [6.07, 6.45) is 2.52. The SMILES string of the molecule is COc1ccc(/C=C2/C(=O)N(Cc3ccc(C=O)o3)c3ccc(Br)cc32)cc1. The molecule has 3 aromatic rings. The summed E-state index contributed by atoms with van der Waals surface area (Å²) in [6.45, 7) is 0.251. The van der Waals surface area contributed by atoms with Crippen LogP contribution in [0.15, 0.2) is 63.5 Å². The van der Waals surface area contributed by atoms with Gasteiger partial charge in [0.1, 0.15) is 11.5 Å². The monoisotopic (exact) mass is 437 g/mol. The minimum absolute atomic E-state index is 0.118. The van der Waals surface area contributed by atoms with Gasteiger partial charge >= 0.3 is 0 Å². The van der Waals surface area contributed by atoms with E-state index in [1.807, 2.05) is 48.5 Å². The number of amides is 1. The lowest BCUT2D eigenvalue weighted by Gasteiger charge is -2.15. The Hall–Kier alpha value is -3.12. The lowest BCUT2D eigenvalue weighted by atomic mass is 10.0. The van der Waals surface area contributed by atoms with Crippen molar-refractivity contribution < 1.29 is 18.7 Å². The summed E-state index contributed by atoms with van der Waals surface area (Å²) in [6, 6.07) is 16.6. The van der Waals surface area contributed by atoms with E-state index in [2.05, 4.69) is 15.9 Å². The van der Waals surface area contributed by atoms with Crippen molar-refractivity contribution in [2.24, 2.45) is 0 Å². The molecule has 0 spiro atoms. The molecule has 1 amide bonds. The molecule has 0 saturated heterocycles. The van der Waals surface area contributed by atoms with Crippen LogP contribution in [0.2, 0.25) is 0 Å². The molecule has 140 valence electrons. The van der Waals surface area contributed by atoms with E-state index in [0.29, 0.717) is 17.6 Å². The molecule has 5 nitrogen and oxygen atoms in total. The number of anilines is 1. The molecule has 1 aliphatic rings. The summed E-state index contributed by atoms with van der Waals surface area (Å²) < 4.78 is 11.5. The number of methoxy groups -OCH3 is 1. The van der Waals surface area contributed by atoms with E-state index in [1.54, 1.807) is 24.1 Å². The fraction of sp³-hybridized carbons (Fsp3) is 0.0909. The molecule has 1 aromatic heterocycles. The zero-order valence-corrected chi connectivity index (χ0v) is 16.6. The number of ether oxygens (including phenoxy) is 1. The minimum atomic E-state index is -0.118. The highest BCUT2D eigenvalue weighted by Gasteiger charge is 2.33. The third kappa shape index (κ3) is 3.39. The van der Waals surface area contributed by atoms with Gasteiger partial charge in [-0.1, -0.05) is 28.1 Å². The second-order valence-corrected chi connectivity index (χ2v) is 7.22. The van der Waals surface area contributed by atoms with Crippen LogP contribution in [0.3, 0.4) is 0 Å². The van der Waals surface area contributed by atoms with Gasteiger partial charge in [-0.2, -0.15) is 0 Å². The minimum Gasteiger partial charge on any atom is -0.497 e. The van der Waals surface area contributed by atoms with Crippen molar-refractivity contribution in [2.75, 3.05) is 12.0 Å². The number of furan rings is 1. The lowest BCUT2D eigenvalue weighted by Crippen LogP contribution is -2.25. The van der Waals surface area contributed by atoms with Gasteiger partial charge in [-0.05, 0) is 54.1 Å². The zero-order valence-electron chi connectivity index (χ0n) is 15.0. The Bertz CT molecular complexity index is 1080. The Labute approximate surface area is 170 Å². The predicted molar refractivity (Wildman–Crippen MR) is 110 cm³/mol. The van der Waals surface area contributed by atoms with Crippen molar-refractivity contribution in [3.05, 3.63) is 81.7 Å². The molecule has 1 aliphatic heterocycles. The van der Waals surface area contributed by atoms with E-state index in [1.165, 1.54) is 0 Å². The third-order valence-corrected chi connectivity index (χ3v) is 5.05. The lowest BCUT2D eigenvalue weighted by molar-refractivity contribution is -0.113. The van der Waals surface area contributed by atoms with Crippen LogP contribution in [-0.2, 0) is 11.3 Å². The molecule has 6 heteroatoms. The second kappa shape index (κ2) is 7.48. The number of carbonyl (C=O) groups is 2. The number of hydrogen-bond acceptors (Lipinski definition) is 4. The number of nitrogens with zero attached hydrogens (tertiary/aromatic N) is 1. The molecular formula is C22H16BrNO4. The number of carbonyl (C=O) groups excluding carboxylic acids is 2. The average Bonchev–Trinajstić information content (AvgIpc) is 3.27. The summed E-state index contributed by atoms with van der Waals surface area (Å²) in [5, 5.41) is 0. The van der Waals surface area contributed by atoms with E-state index in [0.717, 1.165) is 27.0 Å². The maximum atomic E-state index is 13.2. The smallest absolute Gasteiger partial charge is 0.259 e. The number of benzene rings is 2. The summed E-state index contributed by atoms with van der Waals surface area (Å²) in [4.78, 5) is 25.7. The van der Waals surface area contributed by atoms with Crippen molar-refractivity contribution in [3.63, 3.8) is 0 Å². The number of hydrogen-bond donors (Lipinski definition) is 0. The van der Waals surface area contributed by atoms with Crippen molar-refractivity contribution in [2.45, 2.75) is 6.54 Å². The predicted octanol–water partition coefficient (Wildman–Crippen LogP) is 4.95. The van der Waals surface area contributed by atoms with Crippen LogP contribution < -0.4 is 9.64 Å². The fourth-order valence-corrected chi connectivity index (χ4v) is 3.55. The Balaban J connectivity index is 1.73. The van der Waals surface area contributed by atoms with Crippen molar-refractivity contribution in [1.82, 2.24) is 0 Å². The Morgan fingerprint density at radius 3 is 2.57 bits per heavy atom. The highest BCUT2D eigenvalue weighted by molar-refractivity contribution is 9.10. The summed E-state index contributed by atoms with van der Waals surface area (Å²) in [5.74, 6) is 1.43. The van der Waals surface area contributed by atoms with Crippen LogP contribution in [0.1, 0.15) is 27.4 Å². The van der Waals surface area contributed by atoms with Gasteiger partial charge in [-0.3, -0.25) is 9.59 Å². The number of halogens is 1. The molecule has 0 N–H and O–H groups in total. The highest BCUT2D eigenvalue weighted by Crippen LogP contribution is 2.40. The van der Waals surface area contributed by atoms with Gasteiger partial charge in [-0.25, -0.2) is 0 Å². The maximum absolute atomic E-state index is 13.2.